The van der Waals surface area contributed by atoms with Gasteiger partial charge in [0.15, 0.2) is 0 Å². The van der Waals surface area contributed by atoms with Crippen molar-refractivity contribution in [1.82, 2.24) is 4.31 Å². The summed E-state index contributed by atoms with van der Waals surface area (Å²) in [6.45, 7) is 2.60. The summed E-state index contributed by atoms with van der Waals surface area (Å²) in [5.41, 5.74) is 0. The first-order valence-electron chi connectivity index (χ1n) is 6.13. The molecule has 1 saturated heterocycles. The van der Waals surface area contributed by atoms with Crippen molar-refractivity contribution in [2.45, 2.75) is 4.90 Å². The Labute approximate surface area is 113 Å². The highest BCUT2D eigenvalue weighted by Gasteiger charge is 2.30. The van der Waals surface area contributed by atoms with Crippen LogP contribution in [0.3, 0.4) is 0 Å². The molecule has 0 aliphatic carbocycles. The van der Waals surface area contributed by atoms with Crippen LogP contribution < -0.4 is 14.8 Å². The molecule has 0 bridgehead atoms. The van der Waals surface area contributed by atoms with E-state index >= 15 is 0 Å². The topological polar surface area (TPSA) is 72.5 Å². The van der Waals surface area contributed by atoms with Gasteiger partial charge in [0.2, 0.25) is 10.0 Å². The number of piperazine rings is 1. The van der Waals surface area contributed by atoms with Gasteiger partial charge in [-0.25, -0.2) is 8.42 Å². The number of methoxy groups -OCH3 is 2. The van der Waals surface area contributed by atoms with Crippen LogP contribution in [0.1, 0.15) is 0 Å². The van der Waals surface area contributed by atoms with Crippen molar-refractivity contribution in [2.24, 2.45) is 0 Å². The van der Waals surface area contributed by atoms with Gasteiger partial charge in [0, 0.05) is 6.07 Å². The molecule has 19 heavy (non-hydrogen) atoms. The number of ether oxygens (including phenoxy) is 2. The molecule has 1 aromatic rings. The third-order valence-electron chi connectivity index (χ3n) is 3.15. The summed E-state index contributed by atoms with van der Waals surface area (Å²) >= 11 is 0. The number of quaternary nitrogens is 1. The molecule has 1 aliphatic rings. The number of hydrogen-bond donors (Lipinski definition) is 1. The van der Waals surface area contributed by atoms with Crippen LogP contribution in [-0.2, 0) is 10.0 Å². The normalized spacial score (nSPS) is 17.2. The van der Waals surface area contributed by atoms with E-state index in [0.29, 0.717) is 24.6 Å². The molecule has 2 N–H and O–H groups in total. The van der Waals surface area contributed by atoms with E-state index in [-0.39, 0.29) is 4.90 Å². The van der Waals surface area contributed by atoms with E-state index in [1.807, 2.05) is 0 Å². The number of nitrogens with zero attached hydrogens (tertiary/aromatic N) is 1. The summed E-state index contributed by atoms with van der Waals surface area (Å²) in [7, 11) is -0.558. The minimum Gasteiger partial charge on any atom is -0.497 e. The van der Waals surface area contributed by atoms with Crippen LogP contribution in [0.5, 0.6) is 11.5 Å². The van der Waals surface area contributed by atoms with E-state index in [2.05, 4.69) is 5.32 Å². The lowest BCUT2D eigenvalue weighted by Crippen LogP contribution is -2.89. The van der Waals surface area contributed by atoms with Gasteiger partial charge in [-0.1, -0.05) is 0 Å². The van der Waals surface area contributed by atoms with Crippen LogP contribution in [0.15, 0.2) is 23.1 Å². The van der Waals surface area contributed by atoms with Gasteiger partial charge in [-0.3, -0.25) is 0 Å². The summed E-state index contributed by atoms with van der Waals surface area (Å²) in [6, 6.07) is 4.80. The first kappa shape index (κ1) is 14.1. The predicted molar refractivity (Wildman–Crippen MR) is 70.0 cm³/mol. The Bertz CT molecular complexity index is 539. The van der Waals surface area contributed by atoms with Gasteiger partial charge in [0.25, 0.3) is 0 Å². The van der Waals surface area contributed by atoms with Gasteiger partial charge < -0.3 is 14.8 Å². The third-order valence-corrected chi connectivity index (χ3v) is 5.07. The van der Waals surface area contributed by atoms with Gasteiger partial charge in [-0.2, -0.15) is 4.31 Å². The Kier molecular flexibility index (Phi) is 4.28. The molecule has 0 saturated carbocycles. The Morgan fingerprint density at radius 1 is 1.16 bits per heavy atom. The lowest BCUT2D eigenvalue weighted by Gasteiger charge is -2.25. The van der Waals surface area contributed by atoms with Gasteiger partial charge in [0.05, 0.1) is 40.4 Å². The zero-order valence-corrected chi connectivity index (χ0v) is 11.9. The first-order chi connectivity index (χ1) is 9.09. The highest BCUT2D eigenvalue weighted by Crippen LogP contribution is 2.30. The number of nitrogens with two attached hydrogens (primary N) is 1. The van der Waals surface area contributed by atoms with Gasteiger partial charge in [-0.05, 0) is 12.1 Å². The van der Waals surface area contributed by atoms with Crippen molar-refractivity contribution in [3.63, 3.8) is 0 Å². The first-order valence-corrected chi connectivity index (χ1v) is 7.57. The largest absolute Gasteiger partial charge is 0.497 e. The molecule has 7 heteroatoms. The lowest BCUT2D eigenvalue weighted by molar-refractivity contribution is -0.661. The molecule has 1 aromatic carbocycles. The number of hydrogen-bond acceptors (Lipinski definition) is 4. The second-order valence-corrected chi connectivity index (χ2v) is 6.19. The molecule has 1 heterocycles. The Hall–Kier alpha value is -1.31. The summed E-state index contributed by atoms with van der Waals surface area (Å²) in [4.78, 5) is 0.163. The second kappa shape index (κ2) is 5.77. The third kappa shape index (κ3) is 2.83. The Morgan fingerprint density at radius 3 is 2.42 bits per heavy atom. The lowest BCUT2D eigenvalue weighted by atomic mass is 10.3. The van der Waals surface area contributed by atoms with Crippen LogP contribution in [0, 0.1) is 0 Å². The highest BCUT2D eigenvalue weighted by atomic mass is 32.2. The molecule has 0 spiro atoms. The maximum Gasteiger partial charge on any atom is 0.247 e. The molecule has 0 unspecified atom stereocenters. The fourth-order valence-electron chi connectivity index (χ4n) is 2.09. The molecule has 106 valence electrons. The number of rotatable bonds is 4. The van der Waals surface area contributed by atoms with E-state index < -0.39 is 10.0 Å². The predicted octanol–water partition coefficient (Wildman–Crippen LogP) is -0.728. The monoisotopic (exact) mass is 287 g/mol. The average Bonchev–Trinajstić information content (AvgIpc) is 2.47. The van der Waals surface area contributed by atoms with Gasteiger partial charge in [0.1, 0.15) is 16.4 Å². The molecule has 2 rings (SSSR count). The number of benzene rings is 1. The molecule has 0 aromatic heterocycles. The molecule has 1 aliphatic heterocycles. The van der Waals surface area contributed by atoms with E-state index in [1.54, 1.807) is 12.1 Å². The van der Waals surface area contributed by atoms with Gasteiger partial charge in [-0.15, -0.1) is 0 Å². The standard InChI is InChI=1S/C12H18N2O4S/c1-17-10-3-4-11(18-2)12(9-10)19(15,16)14-7-5-13-6-8-14/h3-4,9,13H,5-8H2,1-2H3/p+1. The van der Waals surface area contributed by atoms with Crippen molar-refractivity contribution in [3.05, 3.63) is 18.2 Å². The minimum atomic E-state index is -3.53. The summed E-state index contributed by atoms with van der Waals surface area (Å²) in [5.74, 6) is 0.846. The van der Waals surface area contributed by atoms with Crippen LogP contribution in [0.4, 0.5) is 0 Å². The van der Waals surface area contributed by atoms with Crippen LogP contribution >= 0.6 is 0 Å². The summed E-state index contributed by atoms with van der Waals surface area (Å²) in [5, 5.41) is 2.11. The zero-order valence-electron chi connectivity index (χ0n) is 11.1. The molecule has 0 amide bonds. The van der Waals surface area contributed by atoms with Crippen molar-refractivity contribution in [1.29, 1.82) is 0 Å². The fourth-order valence-corrected chi connectivity index (χ4v) is 3.73. The maximum absolute atomic E-state index is 12.6. The molecule has 6 nitrogen and oxygen atoms in total. The van der Waals surface area contributed by atoms with Crippen molar-refractivity contribution >= 4 is 10.0 Å². The van der Waals surface area contributed by atoms with E-state index in [4.69, 9.17) is 9.47 Å². The molecule has 1 fully saturated rings. The van der Waals surface area contributed by atoms with Crippen molar-refractivity contribution < 1.29 is 23.2 Å². The van der Waals surface area contributed by atoms with Crippen LogP contribution in [0.2, 0.25) is 0 Å². The van der Waals surface area contributed by atoms with Crippen LogP contribution in [0.25, 0.3) is 0 Å². The van der Waals surface area contributed by atoms with Crippen molar-refractivity contribution in [3.8, 4) is 11.5 Å². The smallest absolute Gasteiger partial charge is 0.247 e. The Balaban J connectivity index is 2.43. The molecule has 0 atom stereocenters. The quantitative estimate of drug-likeness (QED) is 0.792. The average molecular weight is 287 g/mol. The van der Waals surface area contributed by atoms with Crippen molar-refractivity contribution in [2.75, 3.05) is 40.4 Å². The summed E-state index contributed by atoms with van der Waals surface area (Å²) < 4.78 is 37.0. The molecular formula is C12H19N2O4S+. The van der Waals surface area contributed by atoms with Crippen LogP contribution in [-0.4, -0.2) is 53.1 Å². The van der Waals surface area contributed by atoms with E-state index in [9.17, 15) is 8.42 Å². The highest BCUT2D eigenvalue weighted by molar-refractivity contribution is 7.89. The minimum absolute atomic E-state index is 0.163. The Morgan fingerprint density at radius 2 is 1.84 bits per heavy atom. The molecular weight excluding hydrogens is 268 g/mol. The molecule has 0 radical (unpaired) electrons. The maximum atomic E-state index is 12.6. The summed E-state index contributed by atoms with van der Waals surface area (Å²) in [6.07, 6.45) is 0. The SMILES string of the molecule is COc1ccc(OC)c(S(=O)(=O)N2CC[NH2+]CC2)c1. The van der Waals surface area contributed by atoms with E-state index in [0.717, 1.165) is 13.1 Å². The van der Waals surface area contributed by atoms with Gasteiger partial charge >= 0.3 is 0 Å². The number of sulfonamides is 1. The fraction of sp³-hybridized carbons (Fsp3) is 0.500. The van der Waals surface area contributed by atoms with E-state index in [1.165, 1.54) is 24.6 Å². The zero-order chi connectivity index (χ0) is 13.9. The second-order valence-electron chi connectivity index (χ2n) is 4.29.